The van der Waals surface area contributed by atoms with E-state index in [0.29, 0.717) is 17.9 Å². The summed E-state index contributed by atoms with van der Waals surface area (Å²) in [6.07, 6.45) is 6.07. The first-order chi connectivity index (χ1) is 8.63. The molecule has 0 heterocycles. The second kappa shape index (κ2) is 8.12. The number of halogens is 1. The van der Waals surface area contributed by atoms with Crippen molar-refractivity contribution in [1.82, 2.24) is 0 Å². The molecule has 0 fully saturated rings. The number of benzene rings is 1. The topological polar surface area (TPSA) is 9.23 Å². The second-order valence-electron chi connectivity index (χ2n) is 5.15. The molecule has 1 aromatic rings. The van der Waals surface area contributed by atoms with Gasteiger partial charge in [0, 0.05) is 6.07 Å². The normalized spacial score (nSPS) is 12.4. The summed E-state index contributed by atoms with van der Waals surface area (Å²) in [6.45, 7) is 6.97. The minimum Gasteiger partial charge on any atom is -0.493 e. The highest BCUT2D eigenvalue weighted by atomic mass is 19.1. The van der Waals surface area contributed by atoms with E-state index in [9.17, 15) is 4.39 Å². The highest BCUT2D eigenvalue weighted by Gasteiger charge is 2.02. The van der Waals surface area contributed by atoms with E-state index in [2.05, 4.69) is 13.8 Å². The highest BCUT2D eigenvalue weighted by molar-refractivity contribution is 5.27. The molecule has 18 heavy (non-hydrogen) atoms. The summed E-state index contributed by atoms with van der Waals surface area (Å²) in [6, 6.07) is 5.06. The molecule has 0 spiro atoms. The molecule has 0 aliphatic carbocycles. The van der Waals surface area contributed by atoms with Crippen molar-refractivity contribution in [3.8, 4) is 5.75 Å². The fourth-order valence-electron chi connectivity index (χ4n) is 2.09. The Morgan fingerprint density at radius 3 is 2.67 bits per heavy atom. The lowest BCUT2D eigenvalue weighted by Gasteiger charge is -2.10. The van der Waals surface area contributed by atoms with E-state index in [4.69, 9.17) is 4.74 Å². The Morgan fingerprint density at radius 2 is 2.00 bits per heavy atom. The largest absolute Gasteiger partial charge is 0.493 e. The van der Waals surface area contributed by atoms with Gasteiger partial charge in [-0.1, -0.05) is 39.2 Å². The Morgan fingerprint density at radius 1 is 1.22 bits per heavy atom. The van der Waals surface area contributed by atoms with Crippen molar-refractivity contribution in [2.24, 2.45) is 5.92 Å². The minimum atomic E-state index is -0.191. The number of rotatable bonds is 8. The summed E-state index contributed by atoms with van der Waals surface area (Å²) in [5.74, 6) is 1.26. The van der Waals surface area contributed by atoms with Gasteiger partial charge >= 0.3 is 0 Å². The molecule has 2 heteroatoms. The summed E-state index contributed by atoms with van der Waals surface area (Å²) in [5.41, 5.74) is 0.663. The molecule has 0 saturated heterocycles. The van der Waals surface area contributed by atoms with Crippen LogP contribution in [0.2, 0.25) is 0 Å². The number of aryl methyl sites for hydroxylation is 1. The van der Waals surface area contributed by atoms with Crippen LogP contribution < -0.4 is 4.74 Å². The zero-order valence-corrected chi connectivity index (χ0v) is 11.8. The predicted molar refractivity (Wildman–Crippen MR) is 74.6 cm³/mol. The molecular formula is C16H25FO. The SMILES string of the molecule is CCCC(C)CCCCOc1ccc(C)c(F)c1. The first-order valence-corrected chi connectivity index (χ1v) is 7.02. The van der Waals surface area contributed by atoms with Crippen molar-refractivity contribution >= 4 is 0 Å². The van der Waals surface area contributed by atoms with Crippen LogP contribution in [0, 0.1) is 18.7 Å². The maximum Gasteiger partial charge on any atom is 0.129 e. The van der Waals surface area contributed by atoms with E-state index < -0.39 is 0 Å². The molecule has 1 atom stereocenters. The van der Waals surface area contributed by atoms with Crippen molar-refractivity contribution < 1.29 is 9.13 Å². The molecule has 102 valence electrons. The maximum absolute atomic E-state index is 13.3. The van der Waals surface area contributed by atoms with Crippen LogP contribution in [0.1, 0.15) is 51.5 Å². The second-order valence-corrected chi connectivity index (χ2v) is 5.15. The standard InChI is InChI=1S/C16H25FO/c1-4-7-13(2)8-5-6-11-18-15-10-9-14(3)16(17)12-15/h9-10,12-13H,4-8,11H2,1-3H3. The van der Waals surface area contributed by atoms with Gasteiger partial charge in [-0.25, -0.2) is 4.39 Å². The van der Waals surface area contributed by atoms with Gasteiger partial charge in [-0.05, 0) is 37.3 Å². The summed E-state index contributed by atoms with van der Waals surface area (Å²) >= 11 is 0. The van der Waals surface area contributed by atoms with Gasteiger partial charge in [0.15, 0.2) is 0 Å². The Hall–Kier alpha value is -1.05. The van der Waals surface area contributed by atoms with Gasteiger partial charge < -0.3 is 4.74 Å². The number of ether oxygens (including phenoxy) is 1. The van der Waals surface area contributed by atoms with Crippen LogP contribution in [0.25, 0.3) is 0 Å². The van der Waals surface area contributed by atoms with Crippen molar-refractivity contribution in [3.05, 3.63) is 29.6 Å². The maximum atomic E-state index is 13.3. The number of hydrogen-bond acceptors (Lipinski definition) is 1. The third-order valence-electron chi connectivity index (χ3n) is 3.28. The van der Waals surface area contributed by atoms with E-state index in [-0.39, 0.29) is 5.82 Å². The molecule has 0 aromatic heterocycles. The number of hydrogen-bond donors (Lipinski definition) is 0. The van der Waals surface area contributed by atoms with E-state index >= 15 is 0 Å². The highest BCUT2D eigenvalue weighted by Crippen LogP contribution is 2.17. The molecule has 0 radical (unpaired) electrons. The first-order valence-electron chi connectivity index (χ1n) is 7.02. The zero-order chi connectivity index (χ0) is 13.4. The molecule has 1 unspecified atom stereocenters. The summed E-state index contributed by atoms with van der Waals surface area (Å²) < 4.78 is 18.8. The average Bonchev–Trinajstić information content (AvgIpc) is 2.33. The molecule has 1 aromatic carbocycles. The quantitative estimate of drug-likeness (QED) is 0.583. The van der Waals surface area contributed by atoms with E-state index in [1.807, 2.05) is 6.07 Å². The number of unbranched alkanes of at least 4 members (excludes halogenated alkanes) is 1. The first kappa shape index (κ1) is 15.0. The Bertz CT molecular complexity index is 349. The smallest absolute Gasteiger partial charge is 0.129 e. The van der Waals surface area contributed by atoms with Crippen molar-refractivity contribution in [2.45, 2.75) is 52.9 Å². The van der Waals surface area contributed by atoms with Crippen LogP contribution >= 0.6 is 0 Å². The molecule has 0 N–H and O–H groups in total. The predicted octanol–water partition coefficient (Wildman–Crippen LogP) is 5.12. The fraction of sp³-hybridized carbons (Fsp3) is 0.625. The van der Waals surface area contributed by atoms with Crippen molar-refractivity contribution in [3.63, 3.8) is 0 Å². The summed E-state index contributed by atoms with van der Waals surface area (Å²) in [5, 5.41) is 0. The van der Waals surface area contributed by atoms with Crippen LogP contribution in [0.5, 0.6) is 5.75 Å². The van der Waals surface area contributed by atoms with Gasteiger partial charge in [-0.15, -0.1) is 0 Å². The van der Waals surface area contributed by atoms with Crippen molar-refractivity contribution in [2.75, 3.05) is 6.61 Å². The monoisotopic (exact) mass is 252 g/mol. The zero-order valence-electron chi connectivity index (χ0n) is 11.8. The average molecular weight is 252 g/mol. The molecule has 0 bridgehead atoms. The van der Waals surface area contributed by atoms with Gasteiger partial charge in [0.1, 0.15) is 11.6 Å². The third-order valence-corrected chi connectivity index (χ3v) is 3.28. The Labute approximate surface area is 110 Å². The van der Waals surface area contributed by atoms with Gasteiger partial charge in [-0.3, -0.25) is 0 Å². The van der Waals surface area contributed by atoms with Crippen LogP contribution in [0.4, 0.5) is 4.39 Å². The van der Waals surface area contributed by atoms with E-state index in [1.165, 1.54) is 31.7 Å². The molecule has 0 saturated carbocycles. The summed E-state index contributed by atoms with van der Waals surface area (Å²) in [4.78, 5) is 0. The fourth-order valence-corrected chi connectivity index (χ4v) is 2.09. The molecule has 0 aliphatic rings. The lowest BCUT2D eigenvalue weighted by atomic mass is 9.99. The molecule has 0 aliphatic heterocycles. The third kappa shape index (κ3) is 5.52. The van der Waals surface area contributed by atoms with Crippen molar-refractivity contribution in [1.29, 1.82) is 0 Å². The van der Waals surface area contributed by atoms with Crippen LogP contribution in [0.3, 0.4) is 0 Å². The minimum absolute atomic E-state index is 0.191. The van der Waals surface area contributed by atoms with Crippen LogP contribution in [-0.2, 0) is 0 Å². The Kier molecular flexibility index (Phi) is 6.77. The lowest BCUT2D eigenvalue weighted by molar-refractivity contribution is 0.297. The summed E-state index contributed by atoms with van der Waals surface area (Å²) in [7, 11) is 0. The van der Waals surface area contributed by atoms with Gasteiger partial charge in [0.25, 0.3) is 0 Å². The Balaban J connectivity index is 2.16. The molecule has 0 amide bonds. The van der Waals surface area contributed by atoms with Crippen LogP contribution in [-0.4, -0.2) is 6.61 Å². The molecule has 1 rings (SSSR count). The lowest BCUT2D eigenvalue weighted by Crippen LogP contribution is -2.00. The molecular weight excluding hydrogens is 227 g/mol. The van der Waals surface area contributed by atoms with E-state index in [0.717, 1.165) is 12.3 Å². The van der Waals surface area contributed by atoms with Gasteiger partial charge in [0.2, 0.25) is 0 Å². The van der Waals surface area contributed by atoms with Gasteiger partial charge in [-0.2, -0.15) is 0 Å². The molecule has 1 nitrogen and oxygen atoms in total. The van der Waals surface area contributed by atoms with Crippen LogP contribution in [0.15, 0.2) is 18.2 Å². The van der Waals surface area contributed by atoms with Gasteiger partial charge in [0.05, 0.1) is 6.61 Å². The van der Waals surface area contributed by atoms with E-state index in [1.54, 1.807) is 13.0 Å².